The molecule has 1 unspecified atom stereocenters. The molecule has 6 heteroatoms. The molecule has 0 fully saturated rings. The van der Waals surface area contributed by atoms with Crippen LogP contribution in [-0.2, 0) is 9.47 Å². The van der Waals surface area contributed by atoms with Crippen LogP contribution in [0.2, 0.25) is 0 Å². The van der Waals surface area contributed by atoms with E-state index in [1.165, 1.54) is 0 Å². The Morgan fingerprint density at radius 3 is 2.65 bits per heavy atom. The molecule has 0 radical (unpaired) electrons. The summed E-state index contributed by atoms with van der Waals surface area (Å²) in [5.74, 6) is 1.46. The summed E-state index contributed by atoms with van der Waals surface area (Å²) in [5.41, 5.74) is 7.32. The maximum Gasteiger partial charge on any atom is 0.405 e. The van der Waals surface area contributed by atoms with Crippen LogP contribution in [0.3, 0.4) is 0 Å². The maximum absolute atomic E-state index is 11.2. The predicted molar refractivity (Wildman–Crippen MR) is 97.4 cm³/mol. The largest absolute Gasteiger partial charge is 0.491 e. The molecule has 6 nitrogen and oxygen atoms in total. The molecule has 0 saturated carbocycles. The van der Waals surface area contributed by atoms with Crippen molar-refractivity contribution in [2.75, 3.05) is 20.3 Å². The first-order chi connectivity index (χ1) is 12.4. The molecule has 1 aliphatic heterocycles. The minimum absolute atomic E-state index is 0.494. The summed E-state index contributed by atoms with van der Waals surface area (Å²) in [6.45, 7) is 4.76. The molecule has 2 aromatic carbocycles. The highest BCUT2D eigenvalue weighted by atomic mass is 16.6. The second kappa shape index (κ2) is 7.25. The van der Waals surface area contributed by atoms with Gasteiger partial charge in [0.2, 0.25) is 0 Å². The summed E-state index contributed by atoms with van der Waals surface area (Å²) in [7, 11) is 1.64. The number of fused-ring (bicyclic) bond motifs is 1. The Bertz CT molecular complexity index is 803. The maximum atomic E-state index is 11.2. The Balaban J connectivity index is 1.86. The van der Waals surface area contributed by atoms with Gasteiger partial charge in [-0.05, 0) is 43.2 Å². The van der Waals surface area contributed by atoms with Crippen LogP contribution >= 0.6 is 0 Å². The quantitative estimate of drug-likeness (QED) is 0.798. The van der Waals surface area contributed by atoms with Crippen molar-refractivity contribution in [2.45, 2.75) is 25.6 Å². The van der Waals surface area contributed by atoms with Crippen LogP contribution < -0.4 is 15.2 Å². The molecule has 1 atom stereocenters. The fourth-order valence-corrected chi connectivity index (χ4v) is 3.06. The van der Waals surface area contributed by atoms with Crippen molar-refractivity contribution in [3.63, 3.8) is 0 Å². The van der Waals surface area contributed by atoms with Crippen molar-refractivity contribution in [2.24, 2.45) is 5.73 Å². The Morgan fingerprint density at radius 2 is 1.92 bits per heavy atom. The molecule has 0 saturated heterocycles. The van der Waals surface area contributed by atoms with Crippen molar-refractivity contribution < 1.29 is 23.7 Å². The van der Waals surface area contributed by atoms with Crippen LogP contribution in [0.25, 0.3) is 11.1 Å². The molecule has 0 aromatic heterocycles. The SMILES string of the molecule is COCCOc1cccc(-c2ccc3c(c2)OC(C)(C)C3OC(N)=O)c1. The number of carbonyl (C=O) groups excluding carboxylic acids is 1. The topological polar surface area (TPSA) is 80.0 Å². The van der Waals surface area contributed by atoms with E-state index < -0.39 is 17.8 Å². The van der Waals surface area contributed by atoms with E-state index in [-0.39, 0.29) is 0 Å². The molecule has 1 amide bonds. The van der Waals surface area contributed by atoms with Gasteiger partial charge < -0.3 is 24.7 Å². The van der Waals surface area contributed by atoms with E-state index >= 15 is 0 Å². The molecule has 138 valence electrons. The highest BCUT2D eigenvalue weighted by Crippen LogP contribution is 2.46. The monoisotopic (exact) mass is 357 g/mol. The number of methoxy groups -OCH3 is 1. The standard InChI is InChI=1S/C20H23NO5/c1-20(2)18(25-19(21)22)16-8-7-14(12-17(16)26-20)13-5-4-6-15(11-13)24-10-9-23-3/h4-8,11-12,18H,9-10H2,1-3H3,(H2,21,22). The molecule has 1 heterocycles. The average molecular weight is 357 g/mol. The van der Waals surface area contributed by atoms with Gasteiger partial charge in [-0.15, -0.1) is 0 Å². The van der Waals surface area contributed by atoms with Crippen LogP contribution in [0, 0.1) is 0 Å². The smallest absolute Gasteiger partial charge is 0.405 e. The summed E-state index contributed by atoms with van der Waals surface area (Å²) in [6, 6.07) is 13.6. The lowest BCUT2D eigenvalue weighted by atomic mass is 9.95. The Kier molecular flexibility index (Phi) is 5.04. The lowest BCUT2D eigenvalue weighted by Gasteiger charge is -2.25. The lowest BCUT2D eigenvalue weighted by molar-refractivity contribution is -0.0100. The molecule has 1 aliphatic rings. The second-order valence-electron chi connectivity index (χ2n) is 6.64. The average Bonchev–Trinajstić information content (AvgIpc) is 2.84. The first kappa shape index (κ1) is 18.1. The van der Waals surface area contributed by atoms with Gasteiger partial charge in [-0.1, -0.05) is 24.3 Å². The number of carbonyl (C=O) groups is 1. The summed E-state index contributed by atoms with van der Waals surface area (Å²) in [5, 5.41) is 0. The molecule has 2 N–H and O–H groups in total. The van der Waals surface area contributed by atoms with Gasteiger partial charge in [-0.25, -0.2) is 4.79 Å². The van der Waals surface area contributed by atoms with Crippen molar-refractivity contribution in [3.8, 4) is 22.6 Å². The molecule has 2 aromatic rings. The number of benzene rings is 2. The van der Waals surface area contributed by atoms with E-state index in [1.54, 1.807) is 7.11 Å². The van der Waals surface area contributed by atoms with Crippen molar-refractivity contribution in [1.82, 2.24) is 0 Å². The molecule has 0 spiro atoms. The number of ether oxygens (including phenoxy) is 4. The Labute approximate surface area is 152 Å². The third-order valence-corrected chi connectivity index (χ3v) is 4.26. The van der Waals surface area contributed by atoms with Crippen LogP contribution in [-0.4, -0.2) is 32.0 Å². The Morgan fingerprint density at radius 1 is 1.15 bits per heavy atom. The number of hydrogen-bond donors (Lipinski definition) is 1. The van der Waals surface area contributed by atoms with Gasteiger partial charge in [0.1, 0.15) is 23.7 Å². The van der Waals surface area contributed by atoms with E-state index in [0.29, 0.717) is 19.0 Å². The second-order valence-corrected chi connectivity index (χ2v) is 6.64. The number of nitrogens with two attached hydrogens (primary N) is 1. The molecular formula is C20H23NO5. The highest BCUT2D eigenvalue weighted by molar-refractivity contribution is 5.69. The third kappa shape index (κ3) is 3.75. The van der Waals surface area contributed by atoms with Crippen molar-refractivity contribution >= 4 is 6.09 Å². The van der Waals surface area contributed by atoms with Crippen molar-refractivity contribution in [3.05, 3.63) is 48.0 Å². The van der Waals surface area contributed by atoms with Gasteiger partial charge in [-0.2, -0.15) is 0 Å². The zero-order chi connectivity index (χ0) is 18.7. The predicted octanol–water partition coefficient (Wildman–Crippen LogP) is 3.69. The summed E-state index contributed by atoms with van der Waals surface area (Å²) in [6.07, 6.45) is -1.35. The van der Waals surface area contributed by atoms with Gasteiger partial charge in [0, 0.05) is 12.7 Å². The molecule has 0 bridgehead atoms. The minimum Gasteiger partial charge on any atom is -0.491 e. The number of hydrogen-bond acceptors (Lipinski definition) is 5. The van der Waals surface area contributed by atoms with Gasteiger partial charge in [0.15, 0.2) is 6.10 Å². The summed E-state index contributed by atoms with van der Waals surface area (Å²) < 4.78 is 21.9. The zero-order valence-electron chi connectivity index (χ0n) is 15.2. The van der Waals surface area contributed by atoms with E-state index in [1.807, 2.05) is 56.3 Å². The zero-order valence-corrected chi connectivity index (χ0v) is 15.2. The van der Waals surface area contributed by atoms with Gasteiger partial charge >= 0.3 is 6.09 Å². The van der Waals surface area contributed by atoms with E-state index in [4.69, 9.17) is 24.7 Å². The Hall–Kier alpha value is -2.73. The van der Waals surface area contributed by atoms with Crippen LogP contribution in [0.15, 0.2) is 42.5 Å². The van der Waals surface area contributed by atoms with E-state index in [2.05, 4.69) is 0 Å². The fourth-order valence-electron chi connectivity index (χ4n) is 3.06. The van der Waals surface area contributed by atoms with Crippen LogP contribution in [0.4, 0.5) is 4.79 Å². The van der Waals surface area contributed by atoms with Gasteiger partial charge in [0.05, 0.1) is 6.61 Å². The molecular weight excluding hydrogens is 334 g/mol. The first-order valence-electron chi connectivity index (χ1n) is 8.42. The van der Waals surface area contributed by atoms with Gasteiger partial charge in [-0.3, -0.25) is 0 Å². The van der Waals surface area contributed by atoms with Gasteiger partial charge in [0.25, 0.3) is 0 Å². The summed E-state index contributed by atoms with van der Waals surface area (Å²) in [4.78, 5) is 11.2. The summed E-state index contributed by atoms with van der Waals surface area (Å²) >= 11 is 0. The highest BCUT2D eigenvalue weighted by Gasteiger charge is 2.43. The van der Waals surface area contributed by atoms with Crippen LogP contribution in [0.1, 0.15) is 25.5 Å². The normalized spacial score (nSPS) is 17.3. The minimum atomic E-state index is -0.815. The van der Waals surface area contributed by atoms with Crippen LogP contribution in [0.5, 0.6) is 11.5 Å². The van der Waals surface area contributed by atoms with E-state index in [0.717, 1.165) is 22.4 Å². The molecule has 0 aliphatic carbocycles. The third-order valence-electron chi connectivity index (χ3n) is 4.26. The van der Waals surface area contributed by atoms with E-state index in [9.17, 15) is 4.79 Å². The molecule has 3 rings (SSSR count). The number of amides is 1. The van der Waals surface area contributed by atoms with Crippen molar-refractivity contribution in [1.29, 1.82) is 0 Å². The number of rotatable bonds is 6. The first-order valence-corrected chi connectivity index (χ1v) is 8.42. The molecule has 26 heavy (non-hydrogen) atoms. The number of primary amides is 1. The lowest BCUT2D eigenvalue weighted by Crippen LogP contribution is -2.34. The fraction of sp³-hybridized carbons (Fsp3) is 0.350.